The monoisotopic (exact) mass is 455 g/mol. The lowest BCUT2D eigenvalue weighted by molar-refractivity contribution is -0.394. The summed E-state index contributed by atoms with van der Waals surface area (Å²) in [6, 6.07) is 16.5. The number of nitriles is 1. The predicted molar refractivity (Wildman–Crippen MR) is 116 cm³/mol. The third-order valence-corrected chi connectivity index (χ3v) is 4.86. The Bertz CT molecular complexity index is 1250. The number of nitro benzene ring substituents is 2. The molecule has 3 aromatic rings. The lowest BCUT2D eigenvalue weighted by atomic mass is 10.0. The van der Waals surface area contributed by atoms with E-state index in [2.05, 4.69) is 6.07 Å². The highest BCUT2D eigenvalue weighted by molar-refractivity contribution is 6.42. The van der Waals surface area contributed by atoms with Crippen LogP contribution in [0.5, 0.6) is 11.5 Å². The molecular weight excluding hydrogens is 445 g/mol. The molecule has 0 aliphatic carbocycles. The molecule has 0 spiro atoms. The van der Waals surface area contributed by atoms with E-state index < -0.39 is 21.2 Å². The Balaban J connectivity index is 1.86. The van der Waals surface area contributed by atoms with Crippen LogP contribution in [0.15, 0.2) is 60.7 Å². The fourth-order valence-electron chi connectivity index (χ4n) is 2.62. The van der Waals surface area contributed by atoms with E-state index in [9.17, 15) is 25.5 Å². The van der Waals surface area contributed by atoms with Crippen LogP contribution in [0.4, 0.5) is 11.4 Å². The van der Waals surface area contributed by atoms with Crippen molar-refractivity contribution in [3.05, 3.63) is 102 Å². The van der Waals surface area contributed by atoms with E-state index in [0.717, 1.165) is 12.1 Å². The third-order valence-electron chi connectivity index (χ3n) is 4.12. The van der Waals surface area contributed by atoms with Gasteiger partial charge in [0.05, 0.1) is 37.6 Å². The summed E-state index contributed by atoms with van der Waals surface area (Å²) >= 11 is 11.9. The molecule has 0 radical (unpaired) electrons. The van der Waals surface area contributed by atoms with Crippen molar-refractivity contribution in [2.45, 2.75) is 0 Å². The number of ether oxygens (including phenoxy) is 1. The van der Waals surface area contributed by atoms with Crippen LogP contribution in [0.2, 0.25) is 10.0 Å². The van der Waals surface area contributed by atoms with E-state index in [1.807, 2.05) is 0 Å². The van der Waals surface area contributed by atoms with E-state index in [1.54, 1.807) is 48.5 Å². The van der Waals surface area contributed by atoms with Crippen LogP contribution in [0, 0.1) is 31.6 Å². The van der Waals surface area contributed by atoms with Crippen LogP contribution in [-0.4, -0.2) is 9.85 Å². The highest BCUT2D eigenvalue weighted by atomic mass is 35.5. The molecule has 0 atom stereocenters. The molecule has 154 valence electrons. The fourth-order valence-corrected chi connectivity index (χ4v) is 2.92. The predicted octanol–water partition coefficient (Wildman–Crippen LogP) is 6.67. The highest BCUT2D eigenvalue weighted by Gasteiger charge is 2.21. The van der Waals surface area contributed by atoms with E-state index in [0.29, 0.717) is 26.7 Å². The van der Waals surface area contributed by atoms with E-state index >= 15 is 0 Å². The minimum Gasteiger partial charge on any atom is -0.450 e. The van der Waals surface area contributed by atoms with Crippen molar-refractivity contribution in [1.82, 2.24) is 0 Å². The van der Waals surface area contributed by atoms with Crippen LogP contribution >= 0.6 is 23.2 Å². The second-order valence-corrected chi connectivity index (χ2v) is 6.95. The zero-order chi connectivity index (χ0) is 22.5. The third kappa shape index (κ3) is 5.17. The van der Waals surface area contributed by atoms with Gasteiger partial charge in [-0.05, 0) is 47.5 Å². The summed E-state index contributed by atoms with van der Waals surface area (Å²) < 4.78 is 5.52. The summed E-state index contributed by atoms with van der Waals surface area (Å²) in [5.41, 5.74) is 0.695. The first-order valence-corrected chi connectivity index (χ1v) is 9.32. The Hall–Kier alpha value is -3.93. The fraction of sp³-hybridized carbons (Fsp3) is 0. The van der Waals surface area contributed by atoms with Crippen LogP contribution in [0.25, 0.3) is 11.6 Å². The maximum absolute atomic E-state index is 11.2. The number of nitro groups is 2. The molecule has 8 nitrogen and oxygen atoms in total. The summed E-state index contributed by atoms with van der Waals surface area (Å²) in [7, 11) is 0. The second-order valence-electron chi connectivity index (χ2n) is 6.14. The standard InChI is InChI=1S/C21H11Cl2N3O5/c22-18-7-3-14(10-19(18)23)15(12-24)9-13-1-5-17(6-2-13)31-21-8-4-16(25(27)28)11-20(21)26(29)30/h1-11H/b15-9-. The number of benzene rings is 3. The van der Waals surface area contributed by atoms with Gasteiger partial charge in [-0.1, -0.05) is 41.4 Å². The Morgan fingerprint density at radius 3 is 2.23 bits per heavy atom. The normalized spacial score (nSPS) is 10.9. The lowest BCUT2D eigenvalue weighted by Crippen LogP contribution is -1.96. The molecule has 0 unspecified atom stereocenters. The summed E-state index contributed by atoms with van der Waals surface area (Å²) in [6.45, 7) is 0. The van der Waals surface area contributed by atoms with Gasteiger partial charge in [0.2, 0.25) is 5.75 Å². The molecule has 3 rings (SSSR count). The van der Waals surface area contributed by atoms with Gasteiger partial charge in [0.25, 0.3) is 5.69 Å². The molecule has 0 amide bonds. The Labute approximate surface area is 185 Å². The van der Waals surface area contributed by atoms with Crippen LogP contribution in [-0.2, 0) is 0 Å². The van der Waals surface area contributed by atoms with Gasteiger partial charge in [-0.25, -0.2) is 0 Å². The first-order chi connectivity index (χ1) is 14.8. The number of rotatable bonds is 6. The molecule has 0 aliphatic rings. The van der Waals surface area contributed by atoms with Gasteiger partial charge < -0.3 is 4.74 Å². The Kier molecular flexibility index (Phi) is 6.50. The minimum atomic E-state index is -0.754. The van der Waals surface area contributed by atoms with Crippen molar-refractivity contribution < 1.29 is 14.6 Å². The van der Waals surface area contributed by atoms with Crippen molar-refractivity contribution in [1.29, 1.82) is 5.26 Å². The van der Waals surface area contributed by atoms with Gasteiger partial charge >= 0.3 is 5.69 Å². The van der Waals surface area contributed by atoms with E-state index in [1.165, 1.54) is 6.07 Å². The number of halogens is 2. The number of nitrogens with zero attached hydrogens (tertiary/aromatic N) is 3. The quantitative estimate of drug-likeness (QED) is 0.177. The summed E-state index contributed by atoms with van der Waals surface area (Å²) in [4.78, 5) is 20.6. The summed E-state index contributed by atoms with van der Waals surface area (Å²) in [5, 5.41) is 32.2. The van der Waals surface area contributed by atoms with Gasteiger partial charge in [-0.15, -0.1) is 0 Å². The van der Waals surface area contributed by atoms with Crippen molar-refractivity contribution >= 4 is 46.2 Å². The minimum absolute atomic E-state index is 0.132. The molecule has 0 aromatic heterocycles. The molecule has 0 heterocycles. The molecule has 0 fully saturated rings. The molecule has 0 bridgehead atoms. The lowest BCUT2D eigenvalue weighted by Gasteiger charge is -2.07. The number of non-ortho nitro benzene ring substituents is 1. The van der Waals surface area contributed by atoms with Gasteiger partial charge in [0.1, 0.15) is 5.75 Å². The topological polar surface area (TPSA) is 119 Å². The average Bonchev–Trinajstić information content (AvgIpc) is 2.75. The van der Waals surface area contributed by atoms with Crippen molar-refractivity contribution in [2.24, 2.45) is 0 Å². The molecular formula is C21H11Cl2N3O5. The van der Waals surface area contributed by atoms with Gasteiger partial charge in [-0.3, -0.25) is 20.2 Å². The Morgan fingerprint density at radius 1 is 0.935 bits per heavy atom. The Morgan fingerprint density at radius 2 is 1.65 bits per heavy atom. The van der Waals surface area contributed by atoms with Crippen LogP contribution in [0.1, 0.15) is 11.1 Å². The molecule has 0 aliphatic heterocycles. The first kappa shape index (κ1) is 21.8. The molecule has 0 saturated heterocycles. The second kappa shape index (κ2) is 9.26. The zero-order valence-corrected chi connectivity index (χ0v) is 17.0. The summed E-state index contributed by atoms with van der Waals surface area (Å²) in [5.74, 6) is 0.148. The maximum Gasteiger partial charge on any atom is 0.318 e. The van der Waals surface area contributed by atoms with Crippen molar-refractivity contribution in [3.8, 4) is 17.6 Å². The SMILES string of the molecule is N#C/C(=C/c1ccc(Oc2ccc([N+](=O)[O-])cc2[N+](=O)[O-])cc1)c1ccc(Cl)c(Cl)c1. The average molecular weight is 456 g/mol. The van der Waals surface area contributed by atoms with E-state index in [-0.39, 0.29) is 11.5 Å². The summed E-state index contributed by atoms with van der Waals surface area (Å²) in [6.07, 6.45) is 1.64. The molecule has 0 saturated carbocycles. The van der Waals surface area contributed by atoms with Crippen molar-refractivity contribution in [2.75, 3.05) is 0 Å². The molecule has 10 heteroatoms. The van der Waals surface area contributed by atoms with Gasteiger partial charge in [-0.2, -0.15) is 5.26 Å². The van der Waals surface area contributed by atoms with Crippen LogP contribution < -0.4 is 4.74 Å². The molecule has 3 aromatic carbocycles. The number of allylic oxidation sites excluding steroid dienone is 1. The first-order valence-electron chi connectivity index (χ1n) is 8.56. The molecule has 0 N–H and O–H groups in total. The zero-order valence-electron chi connectivity index (χ0n) is 15.5. The van der Waals surface area contributed by atoms with Crippen molar-refractivity contribution in [3.63, 3.8) is 0 Å². The van der Waals surface area contributed by atoms with E-state index in [4.69, 9.17) is 27.9 Å². The van der Waals surface area contributed by atoms with Gasteiger partial charge in [0.15, 0.2) is 0 Å². The highest BCUT2D eigenvalue weighted by Crippen LogP contribution is 2.34. The maximum atomic E-state index is 11.2. The smallest absolute Gasteiger partial charge is 0.318 e. The number of hydrogen-bond acceptors (Lipinski definition) is 6. The van der Waals surface area contributed by atoms with Gasteiger partial charge in [0, 0.05) is 6.07 Å². The number of hydrogen-bond donors (Lipinski definition) is 0. The largest absolute Gasteiger partial charge is 0.450 e. The van der Waals surface area contributed by atoms with Crippen LogP contribution in [0.3, 0.4) is 0 Å². The molecule has 31 heavy (non-hydrogen) atoms.